The summed E-state index contributed by atoms with van der Waals surface area (Å²) >= 11 is 1.27. The van der Waals surface area contributed by atoms with Crippen LogP contribution in [0.5, 0.6) is 5.75 Å². The number of rotatable bonds is 5. The fourth-order valence-corrected chi connectivity index (χ4v) is 5.79. The SMILES string of the molecule is Cc1nc2ccc(S(=O)(=O)O)cc2c(=O)n1-c1ccc(C(=O)NN2C(=O)CS[C@H]2c2ccccc2O)cc1. The number of aryl methyl sites for hydroxylation is 1. The predicted octanol–water partition coefficient (Wildman–Crippen LogP) is 2.57. The molecule has 0 unspecified atom stereocenters. The Balaban J connectivity index is 1.43. The van der Waals surface area contributed by atoms with Crippen LogP contribution in [0.25, 0.3) is 16.6 Å². The van der Waals surface area contributed by atoms with Crippen LogP contribution in [0.1, 0.15) is 27.1 Å². The Labute approximate surface area is 220 Å². The van der Waals surface area contributed by atoms with E-state index in [9.17, 15) is 32.5 Å². The number of carbonyl (C=O) groups excluding carboxylic acids is 2. The molecule has 2 heterocycles. The van der Waals surface area contributed by atoms with Gasteiger partial charge in [-0.25, -0.2) is 9.99 Å². The highest BCUT2D eigenvalue weighted by molar-refractivity contribution is 8.00. The summed E-state index contributed by atoms with van der Waals surface area (Å²) in [7, 11) is -4.52. The maximum Gasteiger partial charge on any atom is 0.294 e. The van der Waals surface area contributed by atoms with Gasteiger partial charge in [0.25, 0.3) is 27.5 Å². The molecule has 13 heteroatoms. The molecule has 1 aromatic heterocycles. The number of phenols is 1. The summed E-state index contributed by atoms with van der Waals surface area (Å²) in [5, 5.41) is 10.8. The summed E-state index contributed by atoms with van der Waals surface area (Å²) in [6.07, 6.45) is 0. The van der Waals surface area contributed by atoms with E-state index in [4.69, 9.17) is 0 Å². The van der Waals surface area contributed by atoms with E-state index in [1.807, 2.05) is 0 Å². The van der Waals surface area contributed by atoms with Gasteiger partial charge in [0.1, 0.15) is 16.9 Å². The third-order valence-electron chi connectivity index (χ3n) is 5.99. The molecule has 0 saturated carbocycles. The second-order valence-corrected chi connectivity index (χ2v) is 10.9. The van der Waals surface area contributed by atoms with Crippen LogP contribution < -0.4 is 11.0 Å². The number of hydrazine groups is 1. The van der Waals surface area contributed by atoms with Gasteiger partial charge in [-0.3, -0.25) is 28.9 Å². The molecule has 5 rings (SSSR count). The Hall–Kier alpha value is -4.20. The van der Waals surface area contributed by atoms with Gasteiger partial charge >= 0.3 is 0 Å². The van der Waals surface area contributed by atoms with Crippen LogP contribution in [0.15, 0.2) is 76.4 Å². The van der Waals surface area contributed by atoms with E-state index in [0.29, 0.717) is 17.1 Å². The Bertz CT molecular complexity index is 1770. The number of thioether (sulfide) groups is 1. The molecular weight excluding hydrogens is 532 g/mol. The van der Waals surface area contributed by atoms with Gasteiger partial charge in [-0.05, 0) is 55.5 Å². The van der Waals surface area contributed by atoms with Crippen LogP contribution in [-0.4, -0.2) is 50.2 Å². The zero-order valence-corrected chi connectivity index (χ0v) is 21.4. The summed E-state index contributed by atoms with van der Waals surface area (Å²) in [6, 6.07) is 16.1. The van der Waals surface area contributed by atoms with Gasteiger partial charge in [-0.15, -0.1) is 11.8 Å². The van der Waals surface area contributed by atoms with E-state index in [1.165, 1.54) is 57.7 Å². The van der Waals surface area contributed by atoms with E-state index in [1.54, 1.807) is 25.1 Å². The van der Waals surface area contributed by atoms with Crippen molar-refractivity contribution in [3.63, 3.8) is 0 Å². The molecule has 2 amide bonds. The second-order valence-electron chi connectivity index (χ2n) is 8.43. The molecule has 194 valence electrons. The number of para-hydroxylation sites is 1. The Morgan fingerprint density at radius 1 is 1.08 bits per heavy atom. The number of aromatic nitrogens is 2. The van der Waals surface area contributed by atoms with Crippen molar-refractivity contribution in [3.8, 4) is 11.4 Å². The number of amides is 2. The van der Waals surface area contributed by atoms with Gasteiger partial charge in [0.05, 0.1) is 27.2 Å². The molecule has 0 bridgehead atoms. The predicted molar refractivity (Wildman–Crippen MR) is 140 cm³/mol. The highest BCUT2D eigenvalue weighted by atomic mass is 32.2. The quantitative estimate of drug-likeness (QED) is 0.316. The lowest BCUT2D eigenvalue weighted by Crippen LogP contribution is -2.44. The van der Waals surface area contributed by atoms with Gasteiger partial charge < -0.3 is 5.11 Å². The maximum atomic E-state index is 13.2. The first-order valence-electron chi connectivity index (χ1n) is 11.2. The minimum absolute atomic E-state index is 0.00667. The molecule has 1 aliphatic heterocycles. The van der Waals surface area contributed by atoms with Crippen LogP contribution in [0, 0.1) is 6.92 Å². The zero-order chi connectivity index (χ0) is 27.2. The van der Waals surface area contributed by atoms with Crippen molar-refractivity contribution in [3.05, 3.63) is 94.0 Å². The van der Waals surface area contributed by atoms with Crippen LogP contribution in [0.2, 0.25) is 0 Å². The maximum absolute atomic E-state index is 13.2. The lowest BCUT2D eigenvalue weighted by Gasteiger charge is -2.25. The van der Waals surface area contributed by atoms with E-state index in [0.717, 1.165) is 12.1 Å². The number of phenolic OH excluding ortho intramolecular Hbond substituents is 1. The van der Waals surface area contributed by atoms with Crippen molar-refractivity contribution in [1.82, 2.24) is 20.0 Å². The number of nitrogens with zero attached hydrogens (tertiary/aromatic N) is 3. The number of carbonyl (C=O) groups is 2. The first kappa shape index (κ1) is 25.4. The van der Waals surface area contributed by atoms with E-state index >= 15 is 0 Å². The normalized spacial score (nSPS) is 15.7. The van der Waals surface area contributed by atoms with Crippen LogP contribution in [0.4, 0.5) is 0 Å². The standard InChI is InChI=1S/C25H20N4O7S2/c1-14-26-20-11-10-17(38(34,35)36)12-19(20)24(33)28(14)16-8-6-15(7-9-16)23(32)27-29-22(31)13-37-25(29)18-4-2-3-5-21(18)30/h2-12,25,30H,13H2,1H3,(H,27,32)(H,34,35,36)/t25-/m0/s1. The smallest absolute Gasteiger partial charge is 0.294 e. The molecule has 11 nitrogen and oxygen atoms in total. The van der Waals surface area contributed by atoms with Gasteiger partial charge in [0.15, 0.2) is 0 Å². The Kier molecular flexibility index (Phi) is 6.42. The lowest BCUT2D eigenvalue weighted by atomic mass is 10.1. The van der Waals surface area contributed by atoms with Crippen molar-refractivity contribution in [2.75, 3.05) is 5.75 Å². The number of hydrogen-bond acceptors (Lipinski definition) is 8. The molecule has 3 N–H and O–H groups in total. The minimum Gasteiger partial charge on any atom is -0.508 e. The summed E-state index contributed by atoms with van der Waals surface area (Å²) < 4.78 is 33.6. The van der Waals surface area contributed by atoms with E-state index in [-0.39, 0.29) is 33.9 Å². The molecule has 4 aromatic rings. The average Bonchev–Trinajstić information content (AvgIpc) is 3.23. The summed E-state index contributed by atoms with van der Waals surface area (Å²) in [5.74, 6) is -0.413. The number of nitrogens with one attached hydrogen (secondary N) is 1. The monoisotopic (exact) mass is 552 g/mol. The number of aromatic hydroxyl groups is 1. The highest BCUT2D eigenvalue weighted by Crippen LogP contribution is 2.40. The topological polar surface area (TPSA) is 159 Å². The summed E-state index contributed by atoms with van der Waals surface area (Å²) in [4.78, 5) is 42.6. The number of fused-ring (bicyclic) bond motifs is 1. The third-order valence-corrected chi connectivity index (χ3v) is 8.03. The fraction of sp³-hybridized carbons (Fsp3) is 0.120. The summed E-state index contributed by atoms with van der Waals surface area (Å²) in [5.41, 5.74) is 3.38. The third kappa shape index (κ3) is 4.62. The molecular formula is C25H20N4O7S2. The highest BCUT2D eigenvalue weighted by Gasteiger charge is 2.35. The molecule has 1 aliphatic rings. The Morgan fingerprint density at radius 3 is 2.47 bits per heavy atom. The van der Waals surface area contributed by atoms with Crippen molar-refractivity contribution in [2.24, 2.45) is 0 Å². The average molecular weight is 553 g/mol. The van der Waals surface area contributed by atoms with E-state index < -0.39 is 31.9 Å². The molecule has 38 heavy (non-hydrogen) atoms. The second kappa shape index (κ2) is 9.59. The molecule has 1 atom stereocenters. The summed E-state index contributed by atoms with van der Waals surface area (Å²) in [6.45, 7) is 1.61. The van der Waals surface area contributed by atoms with Crippen molar-refractivity contribution < 1.29 is 27.7 Å². The molecule has 0 spiro atoms. The molecule has 3 aromatic carbocycles. The first-order chi connectivity index (χ1) is 18.0. The fourth-order valence-electron chi connectivity index (χ4n) is 4.15. The molecule has 1 saturated heterocycles. The number of benzene rings is 3. The van der Waals surface area contributed by atoms with Crippen molar-refractivity contribution in [1.29, 1.82) is 0 Å². The molecule has 1 fully saturated rings. The first-order valence-corrected chi connectivity index (χ1v) is 13.7. The largest absolute Gasteiger partial charge is 0.508 e. The van der Waals surface area contributed by atoms with Crippen LogP contribution >= 0.6 is 11.8 Å². The molecule has 0 aliphatic carbocycles. The van der Waals surface area contributed by atoms with Crippen molar-refractivity contribution >= 4 is 44.6 Å². The Morgan fingerprint density at radius 2 is 1.79 bits per heavy atom. The van der Waals surface area contributed by atoms with Crippen molar-refractivity contribution in [2.45, 2.75) is 17.2 Å². The van der Waals surface area contributed by atoms with Gasteiger partial charge in [-0.1, -0.05) is 18.2 Å². The van der Waals surface area contributed by atoms with Gasteiger partial charge in [-0.2, -0.15) is 8.42 Å². The van der Waals surface area contributed by atoms with Gasteiger partial charge in [0.2, 0.25) is 0 Å². The van der Waals surface area contributed by atoms with Gasteiger partial charge in [0, 0.05) is 11.1 Å². The minimum atomic E-state index is -4.52. The molecule has 0 radical (unpaired) electrons. The van der Waals surface area contributed by atoms with Crippen LogP contribution in [0.3, 0.4) is 0 Å². The van der Waals surface area contributed by atoms with E-state index in [2.05, 4.69) is 10.4 Å². The zero-order valence-electron chi connectivity index (χ0n) is 19.7. The van der Waals surface area contributed by atoms with Crippen LogP contribution in [-0.2, 0) is 14.9 Å². The lowest BCUT2D eigenvalue weighted by molar-refractivity contribution is -0.130. The number of hydrogen-bond donors (Lipinski definition) is 3.